The van der Waals surface area contributed by atoms with Crippen molar-refractivity contribution in [2.45, 2.75) is 0 Å². The van der Waals surface area contributed by atoms with E-state index in [4.69, 9.17) is 26.8 Å². The van der Waals surface area contributed by atoms with E-state index in [9.17, 15) is 0 Å². The molecular formula is C20H17ClN4O2. The number of methoxy groups -OCH3 is 2. The summed E-state index contributed by atoms with van der Waals surface area (Å²) in [6.07, 6.45) is 1.97. The first kappa shape index (κ1) is 17.2. The SMILES string of the molecule is COc1ccc(-c2ccc3nnc(-c4ccc(Cl)cc4OC)n3c2)cc1N. The zero-order valence-electron chi connectivity index (χ0n) is 14.8. The molecule has 2 heterocycles. The second kappa shape index (κ2) is 6.81. The first-order valence-electron chi connectivity index (χ1n) is 8.23. The number of anilines is 1. The number of hydrogen-bond acceptors (Lipinski definition) is 5. The van der Waals surface area contributed by atoms with Crippen LogP contribution in [0.15, 0.2) is 54.7 Å². The fraction of sp³-hybridized carbons (Fsp3) is 0.100. The molecule has 0 saturated heterocycles. The number of benzene rings is 2. The van der Waals surface area contributed by atoms with E-state index in [1.807, 2.05) is 47.0 Å². The average Bonchev–Trinajstić information content (AvgIpc) is 3.10. The van der Waals surface area contributed by atoms with Crippen LogP contribution in [-0.4, -0.2) is 28.8 Å². The number of nitrogen functional groups attached to an aromatic ring is 1. The summed E-state index contributed by atoms with van der Waals surface area (Å²) in [5, 5.41) is 9.18. The van der Waals surface area contributed by atoms with Crippen molar-refractivity contribution in [2.24, 2.45) is 0 Å². The Labute approximate surface area is 161 Å². The predicted octanol–water partition coefficient (Wildman–Crippen LogP) is 4.32. The molecule has 0 amide bonds. The summed E-state index contributed by atoms with van der Waals surface area (Å²) < 4.78 is 12.6. The number of aromatic nitrogens is 3. The lowest BCUT2D eigenvalue weighted by Gasteiger charge is -2.10. The van der Waals surface area contributed by atoms with Crippen LogP contribution in [-0.2, 0) is 0 Å². The summed E-state index contributed by atoms with van der Waals surface area (Å²) in [6.45, 7) is 0. The average molecular weight is 381 g/mol. The van der Waals surface area contributed by atoms with Gasteiger partial charge in [0, 0.05) is 11.2 Å². The normalized spacial score (nSPS) is 10.9. The third kappa shape index (κ3) is 3.04. The van der Waals surface area contributed by atoms with E-state index >= 15 is 0 Å². The van der Waals surface area contributed by atoms with Gasteiger partial charge < -0.3 is 15.2 Å². The number of pyridine rings is 1. The third-order valence-electron chi connectivity index (χ3n) is 4.37. The van der Waals surface area contributed by atoms with Crippen LogP contribution in [0.25, 0.3) is 28.2 Å². The number of nitrogens with zero attached hydrogens (tertiary/aromatic N) is 3. The fourth-order valence-electron chi connectivity index (χ4n) is 3.01. The number of nitrogens with two attached hydrogens (primary N) is 1. The van der Waals surface area contributed by atoms with Gasteiger partial charge in [0.1, 0.15) is 11.5 Å². The Morgan fingerprint density at radius 2 is 1.67 bits per heavy atom. The lowest BCUT2D eigenvalue weighted by atomic mass is 10.1. The summed E-state index contributed by atoms with van der Waals surface area (Å²) in [5.41, 5.74) is 10.1. The first-order valence-corrected chi connectivity index (χ1v) is 8.61. The van der Waals surface area contributed by atoms with Gasteiger partial charge in [-0.05, 0) is 53.6 Å². The van der Waals surface area contributed by atoms with Crippen molar-refractivity contribution in [3.8, 4) is 34.0 Å². The Balaban J connectivity index is 1.86. The molecule has 27 heavy (non-hydrogen) atoms. The van der Waals surface area contributed by atoms with Gasteiger partial charge >= 0.3 is 0 Å². The number of fused-ring (bicyclic) bond motifs is 1. The Bertz CT molecular complexity index is 1140. The van der Waals surface area contributed by atoms with Crippen LogP contribution in [0.1, 0.15) is 0 Å². The standard InChI is InChI=1S/C20H17ClN4O2/c1-26-17-7-3-12(9-16(17)22)13-4-8-19-23-24-20(25(19)11-13)15-6-5-14(21)10-18(15)27-2/h3-11H,22H2,1-2H3. The highest BCUT2D eigenvalue weighted by molar-refractivity contribution is 6.30. The van der Waals surface area contributed by atoms with Crippen LogP contribution in [0.5, 0.6) is 11.5 Å². The monoisotopic (exact) mass is 380 g/mol. The van der Waals surface area contributed by atoms with E-state index in [0.29, 0.717) is 28.0 Å². The maximum atomic E-state index is 6.08. The molecule has 0 aliphatic carbocycles. The van der Waals surface area contributed by atoms with Gasteiger partial charge in [-0.15, -0.1) is 10.2 Å². The van der Waals surface area contributed by atoms with Gasteiger partial charge in [0.15, 0.2) is 11.5 Å². The van der Waals surface area contributed by atoms with E-state index in [-0.39, 0.29) is 0 Å². The molecule has 0 bridgehead atoms. The van der Waals surface area contributed by atoms with Crippen LogP contribution in [0.2, 0.25) is 5.02 Å². The van der Waals surface area contributed by atoms with Gasteiger partial charge in [-0.1, -0.05) is 17.7 Å². The van der Waals surface area contributed by atoms with Gasteiger partial charge in [-0.3, -0.25) is 4.40 Å². The maximum absolute atomic E-state index is 6.08. The molecule has 4 aromatic rings. The minimum absolute atomic E-state index is 0.582. The molecule has 0 fully saturated rings. The molecule has 0 aliphatic heterocycles. The molecule has 4 rings (SSSR count). The first-order chi connectivity index (χ1) is 13.1. The van der Waals surface area contributed by atoms with Crippen molar-refractivity contribution < 1.29 is 9.47 Å². The molecule has 6 nitrogen and oxygen atoms in total. The summed E-state index contributed by atoms with van der Waals surface area (Å²) in [4.78, 5) is 0. The van der Waals surface area contributed by atoms with Crippen molar-refractivity contribution in [1.82, 2.24) is 14.6 Å². The van der Waals surface area contributed by atoms with Crippen molar-refractivity contribution in [3.05, 3.63) is 59.8 Å². The zero-order chi connectivity index (χ0) is 19.0. The highest BCUT2D eigenvalue weighted by atomic mass is 35.5. The molecule has 2 N–H and O–H groups in total. The van der Waals surface area contributed by atoms with E-state index in [1.165, 1.54) is 0 Å². The highest BCUT2D eigenvalue weighted by Crippen LogP contribution is 2.33. The Kier molecular flexibility index (Phi) is 4.33. The van der Waals surface area contributed by atoms with E-state index in [0.717, 1.165) is 22.3 Å². The summed E-state index contributed by atoms with van der Waals surface area (Å²) in [5.74, 6) is 1.95. The molecule has 0 saturated carbocycles. The third-order valence-corrected chi connectivity index (χ3v) is 4.60. The van der Waals surface area contributed by atoms with Crippen LogP contribution in [0.4, 0.5) is 5.69 Å². The second-order valence-corrected chi connectivity index (χ2v) is 6.41. The van der Waals surface area contributed by atoms with Crippen LogP contribution in [0.3, 0.4) is 0 Å². The van der Waals surface area contributed by atoms with Crippen molar-refractivity contribution in [3.63, 3.8) is 0 Å². The molecule has 0 spiro atoms. The molecule has 0 unspecified atom stereocenters. The molecule has 7 heteroatoms. The number of rotatable bonds is 4. The molecular weight excluding hydrogens is 364 g/mol. The quantitative estimate of drug-likeness (QED) is 0.534. The summed E-state index contributed by atoms with van der Waals surface area (Å²) in [6, 6.07) is 15.0. The maximum Gasteiger partial charge on any atom is 0.172 e. The zero-order valence-corrected chi connectivity index (χ0v) is 15.6. The largest absolute Gasteiger partial charge is 0.496 e. The lowest BCUT2D eigenvalue weighted by molar-refractivity contribution is 0.416. The molecule has 0 radical (unpaired) electrons. The minimum Gasteiger partial charge on any atom is -0.496 e. The van der Waals surface area contributed by atoms with E-state index in [2.05, 4.69) is 10.2 Å². The molecule has 0 atom stereocenters. The van der Waals surface area contributed by atoms with Crippen LogP contribution < -0.4 is 15.2 Å². The second-order valence-electron chi connectivity index (χ2n) is 5.97. The Morgan fingerprint density at radius 3 is 2.41 bits per heavy atom. The topological polar surface area (TPSA) is 74.7 Å². The van der Waals surface area contributed by atoms with Gasteiger partial charge in [-0.2, -0.15) is 0 Å². The van der Waals surface area contributed by atoms with Gasteiger partial charge in [0.2, 0.25) is 0 Å². The van der Waals surface area contributed by atoms with E-state index in [1.54, 1.807) is 26.4 Å². The Hall–Kier alpha value is -3.25. The molecule has 2 aromatic heterocycles. The molecule has 136 valence electrons. The van der Waals surface area contributed by atoms with Crippen molar-refractivity contribution in [2.75, 3.05) is 20.0 Å². The van der Waals surface area contributed by atoms with Gasteiger partial charge in [0.25, 0.3) is 0 Å². The van der Waals surface area contributed by atoms with Crippen LogP contribution >= 0.6 is 11.6 Å². The van der Waals surface area contributed by atoms with E-state index < -0.39 is 0 Å². The van der Waals surface area contributed by atoms with Crippen LogP contribution in [0, 0.1) is 0 Å². The van der Waals surface area contributed by atoms with Crippen molar-refractivity contribution in [1.29, 1.82) is 0 Å². The summed E-state index contributed by atoms with van der Waals surface area (Å²) in [7, 11) is 3.20. The Morgan fingerprint density at radius 1 is 0.889 bits per heavy atom. The fourth-order valence-corrected chi connectivity index (χ4v) is 3.17. The van der Waals surface area contributed by atoms with Gasteiger partial charge in [-0.25, -0.2) is 0 Å². The predicted molar refractivity (Wildman–Crippen MR) is 106 cm³/mol. The van der Waals surface area contributed by atoms with Gasteiger partial charge in [0.05, 0.1) is 25.5 Å². The molecule has 0 aliphatic rings. The highest BCUT2D eigenvalue weighted by Gasteiger charge is 2.14. The number of halogens is 1. The molecule has 2 aromatic carbocycles. The number of ether oxygens (including phenoxy) is 2. The smallest absolute Gasteiger partial charge is 0.172 e. The number of hydrogen-bond donors (Lipinski definition) is 1. The summed E-state index contributed by atoms with van der Waals surface area (Å²) >= 11 is 6.08. The minimum atomic E-state index is 0.582. The van der Waals surface area contributed by atoms with Crippen molar-refractivity contribution >= 4 is 22.9 Å². The lowest BCUT2D eigenvalue weighted by Crippen LogP contribution is -1.95.